The van der Waals surface area contributed by atoms with Crippen LogP contribution in [0.15, 0.2) is 0 Å². The van der Waals surface area contributed by atoms with Crippen LogP contribution < -0.4 is 10.6 Å². The van der Waals surface area contributed by atoms with Crippen LogP contribution >= 0.6 is 0 Å². The van der Waals surface area contributed by atoms with E-state index in [4.69, 9.17) is 4.74 Å². The Morgan fingerprint density at radius 2 is 2.08 bits per heavy atom. The topological polar surface area (TPSA) is 50.4 Å². The molecule has 13 heavy (non-hydrogen) atoms. The van der Waals surface area contributed by atoms with Gasteiger partial charge in [0, 0.05) is 18.8 Å². The van der Waals surface area contributed by atoms with Gasteiger partial charge in [0.2, 0.25) is 0 Å². The molecular weight excluding hydrogens is 168 g/mol. The van der Waals surface area contributed by atoms with Gasteiger partial charge in [-0.3, -0.25) is 4.79 Å². The molecule has 1 aliphatic heterocycles. The van der Waals surface area contributed by atoms with E-state index in [9.17, 15) is 4.79 Å². The van der Waals surface area contributed by atoms with Gasteiger partial charge in [0.1, 0.15) is 0 Å². The SMILES string of the molecule is COC(=O)C1CCC2NCNC2C1. The number of carbonyl (C=O) groups excluding carboxylic acids is 1. The number of rotatable bonds is 1. The third kappa shape index (κ3) is 1.69. The van der Waals surface area contributed by atoms with Gasteiger partial charge in [0.15, 0.2) is 0 Å². The Morgan fingerprint density at radius 3 is 2.85 bits per heavy atom. The van der Waals surface area contributed by atoms with Crippen molar-refractivity contribution in [3.63, 3.8) is 0 Å². The van der Waals surface area contributed by atoms with Crippen LogP contribution in [0.25, 0.3) is 0 Å². The summed E-state index contributed by atoms with van der Waals surface area (Å²) in [5, 5.41) is 6.72. The van der Waals surface area contributed by atoms with Crippen LogP contribution in [0.4, 0.5) is 0 Å². The van der Waals surface area contributed by atoms with Crippen LogP contribution in [0.3, 0.4) is 0 Å². The summed E-state index contributed by atoms with van der Waals surface area (Å²) in [4.78, 5) is 11.3. The Kier molecular flexibility index (Phi) is 2.51. The molecular formula is C9H16N2O2. The summed E-state index contributed by atoms with van der Waals surface area (Å²) in [5.74, 6) is 0.0609. The van der Waals surface area contributed by atoms with Gasteiger partial charge in [0.05, 0.1) is 13.0 Å². The van der Waals surface area contributed by atoms with E-state index >= 15 is 0 Å². The fourth-order valence-corrected chi connectivity index (χ4v) is 2.34. The van der Waals surface area contributed by atoms with Crippen LogP contribution in [-0.2, 0) is 9.53 Å². The smallest absolute Gasteiger partial charge is 0.308 e. The van der Waals surface area contributed by atoms with Crippen LogP contribution in [0.1, 0.15) is 19.3 Å². The number of esters is 1. The molecule has 2 N–H and O–H groups in total. The Morgan fingerprint density at radius 1 is 1.31 bits per heavy atom. The lowest BCUT2D eigenvalue weighted by Gasteiger charge is -2.29. The zero-order valence-electron chi connectivity index (χ0n) is 7.88. The molecule has 1 heterocycles. The number of hydrogen-bond acceptors (Lipinski definition) is 4. The summed E-state index contributed by atoms with van der Waals surface area (Å²) >= 11 is 0. The highest BCUT2D eigenvalue weighted by Crippen LogP contribution is 2.27. The number of carbonyl (C=O) groups is 1. The highest BCUT2D eigenvalue weighted by Gasteiger charge is 2.36. The summed E-state index contributed by atoms with van der Waals surface area (Å²) in [6.07, 6.45) is 2.96. The van der Waals surface area contributed by atoms with Crippen molar-refractivity contribution in [3.8, 4) is 0 Å². The first-order chi connectivity index (χ1) is 6.31. The summed E-state index contributed by atoms with van der Waals surface area (Å²) in [6, 6.07) is 1.04. The quantitative estimate of drug-likeness (QED) is 0.556. The third-order valence-electron chi connectivity index (χ3n) is 3.11. The average molecular weight is 184 g/mol. The second-order valence-corrected chi connectivity index (χ2v) is 3.83. The van der Waals surface area contributed by atoms with Crippen molar-refractivity contribution in [1.82, 2.24) is 10.6 Å². The molecule has 2 rings (SSSR count). The minimum Gasteiger partial charge on any atom is -0.469 e. The zero-order valence-corrected chi connectivity index (χ0v) is 7.88. The number of ether oxygens (including phenoxy) is 1. The number of fused-ring (bicyclic) bond motifs is 1. The standard InChI is InChI=1S/C9H16N2O2/c1-13-9(12)6-2-3-7-8(4-6)11-5-10-7/h6-8,10-11H,2-5H2,1H3. The minimum absolute atomic E-state index is 0.0489. The van der Waals surface area contributed by atoms with Crippen molar-refractivity contribution in [1.29, 1.82) is 0 Å². The summed E-state index contributed by atoms with van der Waals surface area (Å²) in [5.41, 5.74) is 0. The van der Waals surface area contributed by atoms with Crippen molar-refractivity contribution in [2.45, 2.75) is 31.3 Å². The first-order valence-electron chi connectivity index (χ1n) is 4.86. The van der Waals surface area contributed by atoms with Crippen molar-refractivity contribution < 1.29 is 9.53 Å². The molecule has 0 spiro atoms. The normalized spacial score (nSPS) is 38.4. The molecule has 0 aromatic rings. The molecule has 0 amide bonds. The molecule has 0 aromatic heterocycles. The van der Waals surface area contributed by atoms with Gasteiger partial charge in [0.25, 0.3) is 0 Å². The predicted octanol–water partition coefficient (Wildman–Crippen LogP) is -0.153. The molecule has 0 bridgehead atoms. The minimum atomic E-state index is -0.0489. The van der Waals surface area contributed by atoms with E-state index in [1.165, 1.54) is 7.11 Å². The lowest BCUT2D eigenvalue weighted by molar-refractivity contribution is -0.146. The monoisotopic (exact) mass is 184 g/mol. The summed E-state index contributed by atoms with van der Waals surface area (Å²) in [6.45, 7) is 0.878. The largest absolute Gasteiger partial charge is 0.469 e. The molecule has 3 atom stereocenters. The van der Waals surface area contributed by atoms with Crippen LogP contribution in [0.5, 0.6) is 0 Å². The lowest BCUT2D eigenvalue weighted by Crippen LogP contribution is -2.41. The molecule has 0 radical (unpaired) electrons. The molecule has 1 saturated carbocycles. The Balaban J connectivity index is 1.93. The highest BCUT2D eigenvalue weighted by molar-refractivity contribution is 5.72. The number of hydrogen-bond donors (Lipinski definition) is 2. The van der Waals surface area contributed by atoms with Gasteiger partial charge in [-0.05, 0) is 19.3 Å². The highest BCUT2D eigenvalue weighted by atomic mass is 16.5. The van der Waals surface area contributed by atoms with Gasteiger partial charge < -0.3 is 15.4 Å². The second-order valence-electron chi connectivity index (χ2n) is 3.83. The van der Waals surface area contributed by atoms with E-state index in [-0.39, 0.29) is 11.9 Å². The second kappa shape index (κ2) is 3.64. The van der Waals surface area contributed by atoms with E-state index in [1.807, 2.05) is 0 Å². The maximum atomic E-state index is 11.3. The maximum Gasteiger partial charge on any atom is 0.308 e. The molecule has 2 aliphatic rings. The van der Waals surface area contributed by atoms with Crippen molar-refractivity contribution in [2.24, 2.45) is 5.92 Å². The van der Waals surface area contributed by atoms with Gasteiger partial charge in [-0.2, -0.15) is 0 Å². The molecule has 4 nitrogen and oxygen atoms in total. The van der Waals surface area contributed by atoms with E-state index in [2.05, 4.69) is 10.6 Å². The van der Waals surface area contributed by atoms with Gasteiger partial charge in [-0.15, -0.1) is 0 Å². The van der Waals surface area contributed by atoms with E-state index in [1.54, 1.807) is 0 Å². The first-order valence-corrected chi connectivity index (χ1v) is 4.86. The molecule has 2 fully saturated rings. The summed E-state index contributed by atoms with van der Waals surface area (Å²) < 4.78 is 4.75. The number of methoxy groups -OCH3 is 1. The van der Waals surface area contributed by atoms with Crippen molar-refractivity contribution in [2.75, 3.05) is 13.8 Å². The molecule has 74 valence electrons. The predicted molar refractivity (Wildman–Crippen MR) is 48.1 cm³/mol. The Labute approximate surface area is 78.0 Å². The van der Waals surface area contributed by atoms with Gasteiger partial charge >= 0.3 is 5.97 Å². The summed E-state index contributed by atoms with van der Waals surface area (Å²) in [7, 11) is 1.47. The van der Waals surface area contributed by atoms with E-state index < -0.39 is 0 Å². The Hall–Kier alpha value is -0.610. The van der Waals surface area contributed by atoms with Crippen LogP contribution in [0, 0.1) is 5.92 Å². The fourth-order valence-electron chi connectivity index (χ4n) is 2.34. The third-order valence-corrected chi connectivity index (χ3v) is 3.11. The maximum absolute atomic E-state index is 11.3. The average Bonchev–Trinajstić information content (AvgIpc) is 2.63. The lowest BCUT2D eigenvalue weighted by atomic mass is 9.83. The van der Waals surface area contributed by atoms with Crippen molar-refractivity contribution in [3.05, 3.63) is 0 Å². The van der Waals surface area contributed by atoms with Gasteiger partial charge in [-0.25, -0.2) is 0 Å². The fraction of sp³-hybridized carbons (Fsp3) is 0.889. The van der Waals surface area contributed by atoms with E-state index in [0.717, 1.165) is 25.9 Å². The van der Waals surface area contributed by atoms with Crippen LogP contribution in [-0.4, -0.2) is 31.8 Å². The molecule has 4 heteroatoms. The van der Waals surface area contributed by atoms with Crippen LogP contribution in [0.2, 0.25) is 0 Å². The molecule has 0 aromatic carbocycles. The van der Waals surface area contributed by atoms with Gasteiger partial charge in [-0.1, -0.05) is 0 Å². The zero-order chi connectivity index (χ0) is 9.26. The number of nitrogens with one attached hydrogen (secondary N) is 2. The Bertz CT molecular complexity index is 208. The molecule has 1 aliphatic carbocycles. The van der Waals surface area contributed by atoms with Crippen molar-refractivity contribution >= 4 is 5.97 Å². The van der Waals surface area contributed by atoms with E-state index in [0.29, 0.717) is 12.1 Å². The molecule has 3 unspecified atom stereocenters. The first kappa shape index (κ1) is 8.97. The molecule has 1 saturated heterocycles.